The lowest BCUT2D eigenvalue weighted by Crippen LogP contribution is -2.44. The zero-order chi connectivity index (χ0) is 18.2. The molecule has 1 aliphatic rings. The zero-order valence-electron chi connectivity index (χ0n) is 16.0. The standard InChI is InChI=1S/C22H29N3O.ClH/c1-23-14-11-19-9-5-6-10-21(19)22(26)24-20-12-15-25(16-13-20)17-18-7-3-2-4-8-18;/h2-10,20,23H,11-17H2,1H3,(H,24,26);1H. The van der Waals surface area contributed by atoms with E-state index in [2.05, 4.69) is 51.9 Å². The first-order chi connectivity index (χ1) is 12.8. The van der Waals surface area contributed by atoms with Gasteiger partial charge >= 0.3 is 0 Å². The summed E-state index contributed by atoms with van der Waals surface area (Å²) < 4.78 is 0. The van der Waals surface area contributed by atoms with E-state index in [-0.39, 0.29) is 24.4 Å². The highest BCUT2D eigenvalue weighted by atomic mass is 35.5. The third kappa shape index (κ3) is 6.35. The van der Waals surface area contributed by atoms with Gasteiger partial charge in [0.1, 0.15) is 0 Å². The van der Waals surface area contributed by atoms with Crippen LogP contribution >= 0.6 is 12.4 Å². The third-order valence-corrected chi connectivity index (χ3v) is 5.08. The van der Waals surface area contributed by atoms with Crippen molar-refractivity contribution in [3.63, 3.8) is 0 Å². The molecule has 0 unspecified atom stereocenters. The Hall–Kier alpha value is -1.88. The number of carbonyl (C=O) groups excluding carboxylic acids is 1. The summed E-state index contributed by atoms with van der Waals surface area (Å²) >= 11 is 0. The fraction of sp³-hybridized carbons (Fsp3) is 0.409. The number of nitrogens with one attached hydrogen (secondary N) is 2. The lowest BCUT2D eigenvalue weighted by Gasteiger charge is -2.32. The number of benzene rings is 2. The molecule has 1 saturated heterocycles. The topological polar surface area (TPSA) is 44.4 Å². The van der Waals surface area contributed by atoms with Gasteiger partial charge in [-0.25, -0.2) is 0 Å². The van der Waals surface area contributed by atoms with Gasteiger partial charge in [0.2, 0.25) is 0 Å². The van der Waals surface area contributed by atoms with Crippen LogP contribution in [0.3, 0.4) is 0 Å². The average Bonchev–Trinajstić information content (AvgIpc) is 2.69. The van der Waals surface area contributed by atoms with Crippen LogP contribution in [0.15, 0.2) is 54.6 Å². The van der Waals surface area contributed by atoms with E-state index in [4.69, 9.17) is 0 Å². The Bertz CT molecular complexity index is 700. The van der Waals surface area contributed by atoms with Crippen molar-refractivity contribution < 1.29 is 4.79 Å². The van der Waals surface area contributed by atoms with Crippen LogP contribution < -0.4 is 10.6 Å². The molecule has 2 aromatic rings. The van der Waals surface area contributed by atoms with Gasteiger partial charge in [-0.3, -0.25) is 9.69 Å². The maximum Gasteiger partial charge on any atom is 0.251 e. The summed E-state index contributed by atoms with van der Waals surface area (Å²) in [4.78, 5) is 15.2. The Morgan fingerprint density at radius 1 is 1.04 bits per heavy atom. The molecular formula is C22H30ClN3O. The highest BCUT2D eigenvalue weighted by Crippen LogP contribution is 2.15. The maximum absolute atomic E-state index is 12.7. The maximum atomic E-state index is 12.7. The molecule has 1 heterocycles. The van der Waals surface area contributed by atoms with Crippen molar-refractivity contribution in [2.45, 2.75) is 31.8 Å². The number of carbonyl (C=O) groups is 1. The molecule has 27 heavy (non-hydrogen) atoms. The van der Waals surface area contributed by atoms with E-state index in [1.807, 2.05) is 25.2 Å². The van der Waals surface area contributed by atoms with Crippen molar-refractivity contribution in [2.75, 3.05) is 26.7 Å². The minimum atomic E-state index is 0. The van der Waals surface area contributed by atoms with Gasteiger partial charge in [-0.1, -0.05) is 48.5 Å². The van der Waals surface area contributed by atoms with Crippen LogP contribution in [-0.4, -0.2) is 43.5 Å². The van der Waals surface area contributed by atoms with Gasteiger partial charge in [0.15, 0.2) is 0 Å². The first kappa shape index (κ1) is 21.4. The van der Waals surface area contributed by atoms with E-state index in [9.17, 15) is 4.79 Å². The fourth-order valence-corrected chi connectivity index (χ4v) is 3.56. The van der Waals surface area contributed by atoms with Crippen LogP contribution in [0.2, 0.25) is 0 Å². The summed E-state index contributed by atoms with van der Waals surface area (Å²) in [5, 5.41) is 6.40. The van der Waals surface area contributed by atoms with Gasteiger partial charge in [-0.15, -0.1) is 12.4 Å². The second kappa shape index (κ2) is 11.1. The molecule has 0 aromatic heterocycles. The predicted molar refractivity (Wildman–Crippen MR) is 114 cm³/mol. The molecule has 5 heteroatoms. The quantitative estimate of drug-likeness (QED) is 0.766. The van der Waals surface area contributed by atoms with Crippen LogP contribution in [-0.2, 0) is 13.0 Å². The molecule has 3 rings (SSSR count). The Morgan fingerprint density at radius 2 is 1.70 bits per heavy atom. The van der Waals surface area contributed by atoms with Crippen LogP contribution in [0, 0.1) is 0 Å². The number of amides is 1. The average molecular weight is 388 g/mol. The highest BCUT2D eigenvalue weighted by Gasteiger charge is 2.22. The van der Waals surface area contributed by atoms with Gasteiger partial charge in [-0.2, -0.15) is 0 Å². The van der Waals surface area contributed by atoms with Crippen molar-refractivity contribution in [2.24, 2.45) is 0 Å². The molecular weight excluding hydrogens is 358 g/mol. The number of piperidine rings is 1. The highest BCUT2D eigenvalue weighted by molar-refractivity contribution is 5.95. The molecule has 4 nitrogen and oxygen atoms in total. The summed E-state index contributed by atoms with van der Waals surface area (Å²) in [5.74, 6) is 0.0678. The SMILES string of the molecule is CNCCc1ccccc1C(=O)NC1CCN(Cc2ccccc2)CC1.Cl. The minimum absolute atomic E-state index is 0. The van der Waals surface area contributed by atoms with E-state index in [0.29, 0.717) is 0 Å². The molecule has 1 amide bonds. The lowest BCUT2D eigenvalue weighted by molar-refractivity contribution is 0.0908. The normalized spacial score (nSPS) is 15.1. The van der Waals surface area contributed by atoms with Gasteiger partial charge in [0.25, 0.3) is 5.91 Å². The molecule has 0 radical (unpaired) electrons. The number of rotatable bonds is 7. The van der Waals surface area contributed by atoms with Gasteiger partial charge in [0.05, 0.1) is 0 Å². The number of likely N-dealkylation sites (N-methyl/N-ethyl adjacent to an activating group) is 1. The Morgan fingerprint density at radius 3 is 2.41 bits per heavy atom. The van der Waals surface area contributed by atoms with Crippen molar-refractivity contribution in [1.29, 1.82) is 0 Å². The summed E-state index contributed by atoms with van der Waals surface area (Å²) in [6.07, 6.45) is 2.89. The summed E-state index contributed by atoms with van der Waals surface area (Å²) in [6, 6.07) is 18.8. The minimum Gasteiger partial charge on any atom is -0.349 e. The van der Waals surface area contributed by atoms with Crippen molar-refractivity contribution in [3.8, 4) is 0 Å². The summed E-state index contributed by atoms with van der Waals surface area (Å²) in [7, 11) is 1.94. The van der Waals surface area contributed by atoms with E-state index >= 15 is 0 Å². The summed E-state index contributed by atoms with van der Waals surface area (Å²) in [6.45, 7) is 3.93. The second-order valence-corrected chi connectivity index (χ2v) is 7.02. The number of nitrogens with zero attached hydrogens (tertiary/aromatic N) is 1. The van der Waals surface area contributed by atoms with Crippen LogP contribution in [0.5, 0.6) is 0 Å². The summed E-state index contributed by atoms with van der Waals surface area (Å²) in [5.41, 5.74) is 3.28. The van der Waals surface area contributed by atoms with Gasteiger partial charge in [0, 0.05) is 31.2 Å². The van der Waals surface area contributed by atoms with E-state index in [1.54, 1.807) is 0 Å². The van der Waals surface area contributed by atoms with Crippen LogP contribution in [0.4, 0.5) is 0 Å². The Kier molecular flexibility index (Phi) is 8.79. The predicted octanol–water partition coefficient (Wildman–Crippen LogP) is 3.26. The van der Waals surface area contributed by atoms with E-state index < -0.39 is 0 Å². The van der Waals surface area contributed by atoms with E-state index in [0.717, 1.165) is 56.6 Å². The molecule has 0 aliphatic carbocycles. The molecule has 0 atom stereocenters. The Balaban J connectivity index is 0.00000261. The van der Waals surface area contributed by atoms with Crippen LogP contribution in [0.1, 0.15) is 34.3 Å². The van der Waals surface area contributed by atoms with Gasteiger partial charge < -0.3 is 10.6 Å². The third-order valence-electron chi connectivity index (χ3n) is 5.08. The lowest BCUT2D eigenvalue weighted by atomic mass is 10.0. The fourth-order valence-electron chi connectivity index (χ4n) is 3.56. The van der Waals surface area contributed by atoms with Crippen molar-refractivity contribution in [1.82, 2.24) is 15.5 Å². The van der Waals surface area contributed by atoms with Crippen molar-refractivity contribution >= 4 is 18.3 Å². The van der Waals surface area contributed by atoms with Gasteiger partial charge in [-0.05, 0) is 50.0 Å². The molecule has 1 aliphatic heterocycles. The van der Waals surface area contributed by atoms with Crippen molar-refractivity contribution in [3.05, 3.63) is 71.3 Å². The first-order valence-corrected chi connectivity index (χ1v) is 9.56. The Labute approximate surface area is 168 Å². The molecule has 0 spiro atoms. The molecule has 2 aromatic carbocycles. The first-order valence-electron chi connectivity index (χ1n) is 9.56. The molecule has 0 bridgehead atoms. The molecule has 1 fully saturated rings. The largest absolute Gasteiger partial charge is 0.349 e. The van der Waals surface area contributed by atoms with Crippen LogP contribution in [0.25, 0.3) is 0 Å². The second-order valence-electron chi connectivity index (χ2n) is 7.02. The number of hydrogen-bond acceptors (Lipinski definition) is 3. The molecule has 0 saturated carbocycles. The zero-order valence-corrected chi connectivity index (χ0v) is 16.8. The number of hydrogen-bond donors (Lipinski definition) is 2. The monoisotopic (exact) mass is 387 g/mol. The number of likely N-dealkylation sites (tertiary alicyclic amines) is 1. The number of halogens is 1. The van der Waals surface area contributed by atoms with E-state index in [1.165, 1.54) is 5.56 Å². The molecule has 2 N–H and O–H groups in total. The smallest absolute Gasteiger partial charge is 0.251 e. The molecule has 146 valence electrons.